The zero-order valence-electron chi connectivity index (χ0n) is 22.2. The average Bonchev–Trinajstić information content (AvgIpc) is 3.52. The third kappa shape index (κ3) is 20.3. The van der Waals surface area contributed by atoms with Crippen molar-refractivity contribution >= 4 is 33.1 Å². The van der Waals surface area contributed by atoms with Gasteiger partial charge in [0.1, 0.15) is 0 Å². The molecule has 1 heterocycles. The number of benzene rings is 1. The maximum absolute atomic E-state index is 11.4. The van der Waals surface area contributed by atoms with Gasteiger partial charge in [-0.1, -0.05) is 49.2 Å². The van der Waals surface area contributed by atoms with Gasteiger partial charge in [0, 0.05) is 19.3 Å². The molecule has 1 N–H and O–H groups in total. The zero-order valence-corrected chi connectivity index (χ0v) is 25.0. The number of carbonyl (C=O) groups excluding carboxylic acids is 1. The molecule has 0 aliphatic carbocycles. The first kappa shape index (κ1) is 32.9. The first-order chi connectivity index (χ1) is 16.1. The van der Waals surface area contributed by atoms with Crippen LogP contribution in [-0.2, 0) is 24.1 Å². The Morgan fingerprint density at radius 3 is 1.76 bits per heavy atom. The van der Waals surface area contributed by atoms with E-state index >= 15 is 0 Å². The van der Waals surface area contributed by atoms with E-state index in [1.807, 2.05) is 13.8 Å². The second-order valence-electron chi connectivity index (χ2n) is 9.13. The predicted molar refractivity (Wildman–Crippen MR) is 138 cm³/mol. The van der Waals surface area contributed by atoms with Gasteiger partial charge in [-0.3, -0.25) is 9.59 Å². The van der Waals surface area contributed by atoms with Crippen LogP contribution in [0.15, 0.2) is 24.3 Å². The van der Waals surface area contributed by atoms with Gasteiger partial charge in [-0.2, -0.15) is 9.78 Å². The fourth-order valence-corrected chi connectivity index (χ4v) is 6.98. The summed E-state index contributed by atoms with van der Waals surface area (Å²) in [5.41, 5.74) is 2.66. The minimum Gasteiger partial charge on any atom is -0.0591 e. The number of carboxylic acids is 1. The van der Waals surface area contributed by atoms with Crippen LogP contribution in [-0.4, -0.2) is 44.2 Å². The Morgan fingerprint density at radius 1 is 0.912 bits per heavy atom. The molecule has 2 radical (unpaired) electrons. The second kappa shape index (κ2) is 20.1. The van der Waals surface area contributed by atoms with E-state index in [2.05, 4.69) is 61.7 Å². The van der Waals surface area contributed by atoms with Crippen LogP contribution < -0.4 is 0 Å². The molecule has 0 spiro atoms. The molecular formula is C27H46O6Sn. The number of hydrogen-bond acceptors (Lipinski definition) is 5. The van der Waals surface area contributed by atoms with Gasteiger partial charge in [0.05, 0.1) is 0 Å². The number of rotatable bonds is 14. The molecule has 0 atom stereocenters. The van der Waals surface area contributed by atoms with Gasteiger partial charge < -0.3 is 9.84 Å². The molecule has 0 amide bonds. The number of carbonyl (C=O) groups is 2. The van der Waals surface area contributed by atoms with E-state index < -0.39 is 17.9 Å². The van der Waals surface area contributed by atoms with Crippen molar-refractivity contribution in [3.8, 4) is 0 Å². The Labute approximate surface area is 217 Å². The maximum Gasteiger partial charge on any atom is -0.0398 e. The fourth-order valence-electron chi connectivity index (χ4n) is 2.83. The van der Waals surface area contributed by atoms with Gasteiger partial charge in [-0.05, 0) is 32.6 Å². The van der Waals surface area contributed by atoms with Crippen molar-refractivity contribution in [2.24, 2.45) is 5.92 Å². The number of aryl methyl sites for hydroxylation is 2. The largest absolute Gasteiger partial charge is 0.0591 e. The number of ether oxygens (including phenoxy) is 1. The van der Waals surface area contributed by atoms with Crippen LogP contribution in [0.4, 0.5) is 0 Å². The molecule has 0 unspecified atom stereocenters. The summed E-state index contributed by atoms with van der Waals surface area (Å²) in [7, 11) is 0. The van der Waals surface area contributed by atoms with Crippen LogP contribution in [0, 0.1) is 19.8 Å². The normalized spacial score (nSPS) is 13.3. The summed E-state index contributed by atoms with van der Waals surface area (Å²) in [6, 6.07) is 8.48. The predicted octanol–water partition coefficient (Wildman–Crippen LogP) is 7.27. The first-order valence-corrected chi connectivity index (χ1v) is 16.7. The van der Waals surface area contributed by atoms with E-state index in [9.17, 15) is 9.59 Å². The van der Waals surface area contributed by atoms with Gasteiger partial charge in [0.2, 0.25) is 0 Å². The molecule has 194 valence electrons. The number of unbranched alkanes of at least 4 members (excludes halogenated alkanes) is 3. The third-order valence-corrected chi connectivity index (χ3v) is 8.89. The van der Waals surface area contributed by atoms with E-state index in [-0.39, 0.29) is 39.9 Å². The van der Waals surface area contributed by atoms with Crippen molar-refractivity contribution in [1.29, 1.82) is 0 Å². The monoisotopic (exact) mass is 586 g/mol. The second-order valence-corrected chi connectivity index (χ2v) is 13.4. The van der Waals surface area contributed by atoms with E-state index in [4.69, 9.17) is 9.84 Å². The third-order valence-electron chi connectivity index (χ3n) is 4.85. The van der Waals surface area contributed by atoms with Crippen molar-refractivity contribution < 1.29 is 29.2 Å². The molecule has 1 aliphatic heterocycles. The van der Waals surface area contributed by atoms with Crippen LogP contribution >= 0.6 is 0 Å². The minimum atomic E-state index is -1.18. The molecular weight excluding hydrogens is 539 g/mol. The van der Waals surface area contributed by atoms with Crippen LogP contribution in [0.1, 0.15) is 96.6 Å². The summed E-state index contributed by atoms with van der Waals surface area (Å²) < 4.78 is 8.29. The smallest absolute Gasteiger partial charge is 0.0398 e. The molecule has 2 rings (SSSR count). The minimum absolute atomic E-state index is 0.0669. The molecule has 6 nitrogen and oxygen atoms in total. The van der Waals surface area contributed by atoms with Gasteiger partial charge in [-0.25, -0.2) is 0 Å². The van der Waals surface area contributed by atoms with Crippen LogP contribution in [0.25, 0.3) is 0 Å². The Morgan fingerprint density at radius 2 is 1.38 bits per heavy atom. The van der Waals surface area contributed by atoms with Crippen molar-refractivity contribution in [1.82, 2.24) is 0 Å². The van der Waals surface area contributed by atoms with E-state index in [0.717, 1.165) is 0 Å². The molecule has 1 aliphatic rings. The van der Waals surface area contributed by atoms with Gasteiger partial charge in [0.15, 0.2) is 0 Å². The Bertz CT molecular complexity index is 629. The van der Waals surface area contributed by atoms with Crippen molar-refractivity contribution in [3.63, 3.8) is 0 Å². The molecule has 0 aromatic heterocycles. The quantitative estimate of drug-likeness (QED) is 0.0813. The number of hydrogen-bond donors (Lipinski definition) is 1. The standard InChI is InChI=1S/C11H18O6.C8H10.2C4H9.Sn/c1-8(2)7-11(16-17-11)15-10(14)6-4-3-5-9(12)13;1-7-3-5-8(2)6-4-7;2*1-3-4-2;/h8H,3-7H2,1-2H3,(H,12,13);3-6H,1-2H3;2*1,3-4H2,2H3;. The number of esters is 1. The SMILES string of the molecule is CC(C)CC1(OC(=O)CCCCC(=O)O)OO1.CCC[CH2][Sn][CH2]CCC.Cc1ccc(C)cc1. The topological polar surface area (TPSA) is 88.7 Å². The van der Waals surface area contributed by atoms with E-state index in [1.165, 1.54) is 36.8 Å². The number of aliphatic carboxylic acids is 1. The molecule has 1 aromatic carbocycles. The maximum atomic E-state index is 11.4. The van der Waals surface area contributed by atoms with Crippen molar-refractivity contribution in [3.05, 3.63) is 35.4 Å². The Kier molecular flexibility index (Phi) is 19.4. The van der Waals surface area contributed by atoms with Crippen LogP contribution in [0.3, 0.4) is 0 Å². The number of carboxylic acid groups (broad SMARTS) is 1. The van der Waals surface area contributed by atoms with Crippen LogP contribution in [0.2, 0.25) is 8.87 Å². The Balaban J connectivity index is 0.000000537. The van der Waals surface area contributed by atoms with E-state index in [1.54, 1.807) is 8.87 Å². The summed E-state index contributed by atoms with van der Waals surface area (Å²) in [5, 5.41) is 8.42. The summed E-state index contributed by atoms with van der Waals surface area (Å²) in [6.07, 6.45) is 7.53. The molecule has 0 bridgehead atoms. The van der Waals surface area contributed by atoms with Crippen molar-refractivity contribution in [2.75, 3.05) is 0 Å². The zero-order chi connectivity index (χ0) is 25.8. The summed E-state index contributed by atoms with van der Waals surface area (Å²) in [5.74, 6) is -2.17. The summed E-state index contributed by atoms with van der Waals surface area (Å²) in [6.45, 7) is 12.7. The van der Waals surface area contributed by atoms with Gasteiger partial charge in [-0.15, -0.1) is 0 Å². The molecule has 1 fully saturated rings. The van der Waals surface area contributed by atoms with Crippen molar-refractivity contribution in [2.45, 2.75) is 114 Å². The average molecular weight is 585 g/mol. The first-order valence-electron chi connectivity index (χ1n) is 12.7. The molecule has 7 heteroatoms. The van der Waals surface area contributed by atoms with Gasteiger partial charge >= 0.3 is 87.5 Å². The molecule has 1 aromatic rings. The molecule has 1 saturated heterocycles. The summed E-state index contributed by atoms with van der Waals surface area (Å²) in [4.78, 5) is 31.0. The van der Waals surface area contributed by atoms with Crippen LogP contribution in [0.5, 0.6) is 0 Å². The van der Waals surface area contributed by atoms with Gasteiger partial charge in [0.25, 0.3) is 0 Å². The Hall–Kier alpha value is -1.12. The summed E-state index contributed by atoms with van der Waals surface area (Å²) >= 11 is 0.149. The van der Waals surface area contributed by atoms with E-state index in [0.29, 0.717) is 19.3 Å². The molecule has 34 heavy (non-hydrogen) atoms. The fraction of sp³-hybridized carbons (Fsp3) is 0.704. The molecule has 0 saturated carbocycles.